The summed E-state index contributed by atoms with van der Waals surface area (Å²) in [5, 5.41) is 6.79. The highest BCUT2D eigenvalue weighted by molar-refractivity contribution is 6.04. The van der Waals surface area contributed by atoms with Crippen molar-refractivity contribution in [3.05, 3.63) is 101 Å². The number of hydrogen-bond acceptors (Lipinski definition) is 3. The Hall–Kier alpha value is -3.73. The largest absolute Gasteiger partial charge is 0.322 e. The fourth-order valence-electron chi connectivity index (χ4n) is 2.45. The first kappa shape index (κ1) is 18.1. The molecule has 0 heterocycles. The number of nitrogens with zero attached hydrogens (tertiary/aromatic N) is 1. The van der Waals surface area contributed by atoms with Crippen molar-refractivity contribution in [3.63, 3.8) is 0 Å². The zero-order valence-electron chi connectivity index (χ0n) is 14.8. The van der Waals surface area contributed by atoms with Crippen LogP contribution in [0.15, 0.2) is 84.0 Å². The number of amides is 2. The molecule has 0 saturated heterocycles. The fraction of sp³-hybridized carbons (Fsp3) is 0.0455. The van der Waals surface area contributed by atoms with Gasteiger partial charge in [-0.1, -0.05) is 42.5 Å². The average molecular weight is 357 g/mol. The van der Waals surface area contributed by atoms with Gasteiger partial charge in [0, 0.05) is 16.8 Å². The lowest BCUT2D eigenvalue weighted by Gasteiger charge is -2.06. The van der Waals surface area contributed by atoms with E-state index in [1.54, 1.807) is 54.7 Å². The van der Waals surface area contributed by atoms with Gasteiger partial charge in [0.15, 0.2) is 0 Å². The number of hydrogen-bond donors (Lipinski definition) is 2. The van der Waals surface area contributed by atoms with E-state index in [-0.39, 0.29) is 11.8 Å². The molecule has 0 radical (unpaired) electrons. The topological polar surface area (TPSA) is 70.6 Å². The second-order valence-electron chi connectivity index (χ2n) is 5.95. The molecule has 5 heteroatoms. The Labute approximate surface area is 157 Å². The molecule has 134 valence electrons. The molecule has 5 nitrogen and oxygen atoms in total. The Morgan fingerprint density at radius 3 is 2.11 bits per heavy atom. The highest BCUT2D eigenvalue weighted by atomic mass is 16.2. The number of hydrazone groups is 1. The van der Waals surface area contributed by atoms with Crippen LogP contribution in [0.2, 0.25) is 0 Å². The SMILES string of the molecule is Cc1ccccc1/C=N/NC(=O)c1ccc(NC(=O)c2ccccc2)cc1. The van der Waals surface area contributed by atoms with Crippen molar-refractivity contribution in [1.29, 1.82) is 0 Å². The van der Waals surface area contributed by atoms with Gasteiger partial charge in [0.1, 0.15) is 0 Å². The molecule has 2 N–H and O–H groups in total. The standard InChI is InChI=1S/C22H19N3O2/c1-16-7-5-6-10-19(16)15-23-25-22(27)18-11-13-20(14-12-18)24-21(26)17-8-3-2-4-9-17/h2-15H,1H3,(H,24,26)(H,25,27)/b23-15+. The predicted octanol–water partition coefficient (Wildman–Crippen LogP) is 4.01. The maximum Gasteiger partial charge on any atom is 0.271 e. The first-order valence-electron chi connectivity index (χ1n) is 8.49. The Bertz CT molecular complexity index is 964. The first-order chi connectivity index (χ1) is 13.1. The maximum atomic E-state index is 12.2. The molecule has 0 saturated carbocycles. The Morgan fingerprint density at radius 2 is 1.41 bits per heavy atom. The van der Waals surface area contributed by atoms with E-state index in [0.717, 1.165) is 11.1 Å². The van der Waals surface area contributed by atoms with E-state index < -0.39 is 0 Å². The van der Waals surface area contributed by atoms with Gasteiger partial charge in [-0.05, 0) is 54.4 Å². The number of rotatable bonds is 5. The molecule has 3 aromatic carbocycles. The maximum absolute atomic E-state index is 12.2. The lowest BCUT2D eigenvalue weighted by atomic mass is 10.1. The van der Waals surface area contributed by atoms with E-state index in [1.165, 1.54) is 0 Å². The van der Waals surface area contributed by atoms with Gasteiger partial charge in [-0.15, -0.1) is 0 Å². The minimum atomic E-state index is -0.319. The summed E-state index contributed by atoms with van der Waals surface area (Å²) in [6, 6.07) is 23.3. The van der Waals surface area contributed by atoms with Crippen LogP contribution in [-0.2, 0) is 0 Å². The summed E-state index contributed by atoms with van der Waals surface area (Å²) in [5.74, 6) is -0.517. The van der Waals surface area contributed by atoms with Gasteiger partial charge in [0.05, 0.1) is 6.21 Å². The number of nitrogens with one attached hydrogen (secondary N) is 2. The van der Waals surface area contributed by atoms with Gasteiger partial charge >= 0.3 is 0 Å². The van der Waals surface area contributed by atoms with Crippen molar-refractivity contribution < 1.29 is 9.59 Å². The van der Waals surface area contributed by atoms with Crippen LogP contribution >= 0.6 is 0 Å². The van der Waals surface area contributed by atoms with Crippen molar-refractivity contribution in [2.24, 2.45) is 5.10 Å². The Kier molecular flexibility index (Phi) is 5.74. The third-order valence-electron chi connectivity index (χ3n) is 4.00. The number of aryl methyl sites for hydroxylation is 1. The van der Waals surface area contributed by atoms with E-state index in [4.69, 9.17) is 0 Å². The summed E-state index contributed by atoms with van der Waals surface area (Å²) >= 11 is 0. The highest BCUT2D eigenvalue weighted by Gasteiger charge is 2.07. The van der Waals surface area contributed by atoms with E-state index >= 15 is 0 Å². The quantitative estimate of drug-likeness (QED) is 0.535. The lowest BCUT2D eigenvalue weighted by molar-refractivity contribution is 0.0954. The predicted molar refractivity (Wildman–Crippen MR) is 107 cm³/mol. The van der Waals surface area contributed by atoms with Crippen LogP contribution in [0.1, 0.15) is 31.8 Å². The van der Waals surface area contributed by atoms with Crippen LogP contribution in [0, 0.1) is 6.92 Å². The molecule has 0 unspecified atom stereocenters. The van der Waals surface area contributed by atoms with Crippen LogP contribution < -0.4 is 10.7 Å². The normalized spacial score (nSPS) is 10.6. The molecule has 0 spiro atoms. The molecule has 0 aliphatic rings. The third-order valence-corrected chi connectivity index (χ3v) is 4.00. The monoisotopic (exact) mass is 357 g/mol. The number of anilines is 1. The van der Waals surface area contributed by atoms with E-state index in [9.17, 15) is 9.59 Å². The van der Waals surface area contributed by atoms with Crippen LogP contribution in [0.3, 0.4) is 0 Å². The van der Waals surface area contributed by atoms with Gasteiger partial charge in [-0.2, -0.15) is 5.10 Å². The van der Waals surface area contributed by atoms with Crippen molar-refractivity contribution in [1.82, 2.24) is 5.43 Å². The summed E-state index contributed by atoms with van der Waals surface area (Å²) in [4.78, 5) is 24.3. The molecule has 0 aliphatic carbocycles. The molecule has 0 fully saturated rings. The molecular weight excluding hydrogens is 338 g/mol. The van der Waals surface area contributed by atoms with E-state index in [0.29, 0.717) is 16.8 Å². The third kappa shape index (κ3) is 4.89. The van der Waals surface area contributed by atoms with Crippen LogP contribution in [0.5, 0.6) is 0 Å². The zero-order valence-corrected chi connectivity index (χ0v) is 14.8. The van der Waals surface area contributed by atoms with Crippen LogP contribution in [-0.4, -0.2) is 18.0 Å². The summed E-state index contributed by atoms with van der Waals surface area (Å²) in [6.45, 7) is 1.98. The smallest absolute Gasteiger partial charge is 0.271 e. The fourth-order valence-corrected chi connectivity index (χ4v) is 2.45. The number of carbonyl (C=O) groups is 2. The summed E-state index contributed by atoms with van der Waals surface area (Å²) in [5.41, 5.74) is 6.17. The summed E-state index contributed by atoms with van der Waals surface area (Å²) in [6.07, 6.45) is 1.61. The first-order valence-corrected chi connectivity index (χ1v) is 8.49. The summed E-state index contributed by atoms with van der Waals surface area (Å²) in [7, 11) is 0. The second kappa shape index (κ2) is 8.58. The van der Waals surface area contributed by atoms with Gasteiger partial charge in [-0.3, -0.25) is 9.59 Å². The van der Waals surface area contributed by atoms with Gasteiger partial charge in [0.2, 0.25) is 0 Å². The molecular formula is C22H19N3O2. The van der Waals surface area contributed by atoms with Crippen LogP contribution in [0.4, 0.5) is 5.69 Å². The Morgan fingerprint density at radius 1 is 0.778 bits per heavy atom. The molecule has 3 aromatic rings. The van der Waals surface area contributed by atoms with E-state index in [1.807, 2.05) is 37.3 Å². The van der Waals surface area contributed by atoms with E-state index in [2.05, 4.69) is 15.8 Å². The van der Waals surface area contributed by atoms with Crippen molar-refractivity contribution in [3.8, 4) is 0 Å². The molecule has 0 atom stereocenters. The van der Waals surface area contributed by atoms with Crippen molar-refractivity contribution in [2.45, 2.75) is 6.92 Å². The zero-order chi connectivity index (χ0) is 19.1. The molecule has 0 aromatic heterocycles. The molecule has 27 heavy (non-hydrogen) atoms. The molecule has 3 rings (SSSR count). The Balaban J connectivity index is 1.59. The number of benzene rings is 3. The van der Waals surface area contributed by atoms with Gasteiger partial charge in [-0.25, -0.2) is 5.43 Å². The molecule has 2 amide bonds. The summed E-state index contributed by atoms with van der Waals surface area (Å²) < 4.78 is 0. The van der Waals surface area contributed by atoms with Crippen LogP contribution in [0.25, 0.3) is 0 Å². The lowest BCUT2D eigenvalue weighted by Crippen LogP contribution is -2.18. The minimum absolute atomic E-state index is 0.198. The molecule has 0 bridgehead atoms. The average Bonchev–Trinajstić information content (AvgIpc) is 2.70. The number of carbonyl (C=O) groups excluding carboxylic acids is 2. The van der Waals surface area contributed by atoms with Crippen molar-refractivity contribution in [2.75, 3.05) is 5.32 Å². The second-order valence-corrected chi connectivity index (χ2v) is 5.95. The molecule has 0 aliphatic heterocycles. The minimum Gasteiger partial charge on any atom is -0.322 e. The van der Waals surface area contributed by atoms with Gasteiger partial charge in [0.25, 0.3) is 11.8 Å². The highest BCUT2D eigenvalue weighted by Crippen LogP contribution is 2.11. The van der Waals surface area contributed by atoms with Gasteiger partial charge < -0.3 is 5.32 Å². The van der Waals surface area contributed by atoms with Crippen molar-refractivity contribution >= 4 is 23.7 Å².